The summed E-state index contributed by atoms with van der Waals surface area (Å²) in [6, 6.07) is 10.5. The Labute approximate surface area is 140 Å². The molecule has 6 heteroatoms. The quantitative estimate of drug-likeness (QED) is 0.925. The number of benzene rings is 2. The smallest absolute Gasteiger partial charge is 0.253 e. The van der Waals surface area contributed by atoms with Crippen LogP contribution in [0.25, 0.3) is 0 Å². The van der Waals surface area contributed by atoms with Gasteiger partial charge in [-0.05, 0) is 48.2 Å². The van der Waals surface area contributed by atoms with Crippen LogP contribution in [0, 0.1) is 5.82 Å². The molecule has 0 unspecified atom stereocenters. The number of hydrogen-bond acceptors (Lipinski definition) is 3. The molecule has 1 aliphatic rings. The van der Waals surface area contributed by atoms with Gasteiger partial charge >= 0.3 is 0 Å². The average Bonchev–Trinajstić information content (AvgIpc) is 2.96. The number of nitrogens with one attached hydrogen (secondary N) is 1. The van der Waals surface area contributed by atoms with Gasteiger partial charge in [0.1, 0.15) is 5.82 Å². The zero-order chi connectivity index (χ0) is 17.3. The molecule has 24 heavy (non-hydrogen) atoms. The van der Waals surface area contributed by atoms with E-state index in [9.17, 15) is 17.6 Å². The van der Waals surface area contributed by atoms with Crippen LogP contribution in [-0.2, 0) is 16.3 Å². The third-order valence-electron chi connectivity index (χ3n) is 4.33. The first-order valence-corrected chi connectivity index (χ1v) is 9.48. The summed E-state index contributed by atoms with van der Waals surface area (Å²) in [6.07, 6.45) is 1.36. The Morgan fingerprint density at radius 1 is 1.25 bits per heavy atom. The lowest BCUT2D eigenvalue weighted by molar-refractivity contribution is 0.0933. The molecule has 0 saturated carbocycles. The maximum absolute atomic E-state index is 13.3. The summed E-state index contributed by atoms with van der Waals surface area (Å²) < 4.78 is 37.6. The minimum absolute atomic E-state index is 0.0438. The molecular formula is C18H18FNO3S. The van der Waals surface area contributed by atoms with Crippen molar-refractivity contribution in [2.24, 2.45) is 0 Å². The summed E-state index contributed by atoms with van der Waals surface area (Å²) in [4.78, 5) is 12.7. The van der Waals surface area contributed by atoms with Gasteiger partial charge in [-0.15, -0.1) is 0 Å². The van der Waals surface area contributed by atoms with Crippen LogP contribution in [0.3, 0.4) is 0 Å². The van der Waals surface area contributed by atoms with E-state index in [0.29, 0.717) is 12.8 Å². The fraction of sp³-hybridized carbons (Fsp3) is 0.278. The van der Waals surface area contributed by atoms with Gasteiger partial charge in [0.05, 0.1) is 22.3 Å². The van der Waals surface area contributed by atoms with Gasteiger partial charge in [-0.3, -0.25) is 4.79 Å². The van der Waals surface area contributed by atoms with E-state index in [2.05, 4.69) is 5.32 Å². The van der Waals surface area contributed by atoms with Crippen molar-refractivity contribution < 1.29 is 17.6 Å². The fourth-order valence-electron chi connectivity index (χ4n) is 3.05. The van der Waals surface area contributed by atoms with Gasteiger partial charge in [-0.1, -0.05) is 25.1 Å². The number of amides is 1. The van der Waals surface area contributed by atoms with Crippen LogP contribution >= 0.6 is 0 Å². The summed E-state index contributed by atoms with van der Waals surface area (Å²) >= 11 is 0. The third-order valence-corrected chi connectivity index (χ3v) is 6.12. The summed E-state index contributed by atoms with van der Waals surface area (Å²) in [5.41, 5.74) is 1.92. The van der Waals surface area contributed by atoms with Crippen LogP contribution in [0.15, 0.2) is 47.4 Å². The van der Waals surface area contributed by atoms with Crippen molar-refractivity contribution in [3.8, 4) is 0 Å². The fourth-order valence-corrected chi connectivity index (χ4v) is 4.15. The van der Waals surface area contributed by atoms with E-state index in [1.54, 1.807) is 25.1 Å². The molecule has 0 saturated heterocycles. The molecule has 0 heterocycles. The highest BCUT2D eigenvalue weighted by atomic mass is 32.2. The molecule has 0 radical (unpaired) electrons. The monoisotopic (exact) mass is 347 g/mol. The molecular weight excluding hydrogens is 329 g/mol. The zero-order valence-electron chi connectivity index (χ0n) is 13.3. The molecule has 0 fully saturated rings. The van der Waals surface area contributed by atoms with E-state index < -0.39 is 15.7 Å². The molecule has 126 valence electrons. The molecule has 1 amide bonds. The number of carbonyl (C=O) groups excluding carboxylic acids is 1. The summed E-state index contributed by atoms with van der Waals surface area (Å²) in [5.74, 6) is -0.784. The van der Waals surface area contributed by atoms with Gasteiger partial charge in [0.2, 0.25) is 0 Å². The summed E-state index contributed by atoms with van der Waals surface area (Å²) in [7, 11) is -3.48. The molecule has 1 aliphatic carbocycles. The zero-order valence-corrected chi connectivity index (χ0v) is 14.1. The molecule has 2 aromatic rings. The van der Waals surface area contributed by atoms with Crippen LogP contribution in [0.5, 0.6) is 0 Å². The highest BCUT2D eigenvalue weighted by Crippen LogP contribution is 2.32. The van der Waals surface area contributed by atoms with Crippen LogP contribution in [0.4, 0.5) is 4.39 Å². The van der Waals surface area contributed by atoms with Crippen molar-refractivity contribution in [3.05, 3.63) is 65.0 Å². The van der Waals surface area contributed by atoms with Gasteiger partial charge in [0, 0.05) is 0 Å². The normalized spacial score (nSPS) is 16.7. The number of aryl methyl sites for hydroxylation is 1. The van der Waals surface area contributed by atoms with Crippen molar-refractivity contribution in [2.75, 3.05) is 5.75 Å². The molecule has 2 aromatic carbocycles. The van der Waals surface area contributed by atoms with Crippen molar-refractivity contribution in [1.29, 1.82) is 0 Å². The SMILES string of the molecule is CCS(=O)(=O)c1ccccc1C(=O)N[C@@H]1CCc2cc(F)ccc21. The van der Waals surface area contributed by atoms with E-state index >= 15 is 0 Å². The Kier molecular flexibility index (Phi) is 4.41. The number of carbonyl (C=O) groups is 1. The molecule has 0 spiro atoms. The second-order valence-corrected chi connectivity index (χ2v) is 8.05. The van der Waals surface area contributed by atoms with Crippen molar-refractivity contribution in [1.82, 2.24) is 5.32 Å². The highest BCUT2D eigenvalue weighted by molar-refractivity contribution is 7.91. The molecule has 1 atom stereocenters. The van der Waals surface area contributed by atoms with Crippen LogP contribution in [0.2, 0.25) is 0 Å². The van der Waals surface area contributed by atoms with E-state index in [0.717, 1.165) is 11.1 Å². The maximum Gasteiger partial charge on any atom is 0.253 e. The molecule has 4 nitrogen and oxygen atoms in total. The molecule has 0 bridgehead atoms. The Morgan fingerprint density at radius 3 is 2.75 bits per heavy atom. The van der Waals surface area contributed by atoms with Gasteiger partial charge in [-0.2, -0.15) is 0 Å². The summed E-state index contributed by atoms with van der Waals surface area (Å²) in [6.45, 7) is 1.55. The van der Waals surface area contributed by atoms with Crippen molar-refractivity contribution in [2.45, 2.75) is 30.7 Å². The number of hydrogen-bond donors (Lipinski definition) is 1. The second-order valence-electron chi connectivity index (χ2n) is 5.81. The average molecular weight is 347 g/mol. The number of fused-ring (bicyclic) bond motifs is 1. The van der Waals surface area contributed by atoms with E-state index in [1.165, 1.54) is 24.3 Å². The first-order chi connectivity index (χ1) is 11.4. The first kappa shape index (κ1) is 16.6. The van der Waals surface area contributed by atoms with E-state index in [1.807, 2.05) is 0 Å². The van der Waals surface area contributed by atoms with Gasteiger partial charge < -0.3 is 5.32 Å². The highest BCUT2D eigenvalue weighted by Gasteiger charge is 2.27. The molecule has 3 rings (SSSR count). The van der Waals surface area contributed by atoms with E-state index in [-0.39, 0.29) is 28.1 Å². The minimum Gasteiger partial charge on any atom is -0.345 e. The number of sulfone groups is 1. The molecule has 1 N–H and O–H groups in total. The van der Waals surface area contributed by atoms with E-state index in [4.69, 9.17) is 0 Å². The van der Waals surface area contributed by atoms with Gasteiger partial charge in [-0.25, -0.2) is 12.8 Å². The Balaban J connectivity index is 1.88. The lowest BCUT2D eigenvalue weighted by Gasteiger charge is -2.16. The van der Waals surface area contributed by atoms with Crippen LogP contribution in [-0.4, -0.2) is 20.1 Å². The molecule has 0 aliphatic heterocycles. The van der Waals surface area contributed by atoms with Crippen LogP contribution < -0.4 is 5.32 Å². The predicted molar refractivity (Wildman–Crippen MR) is 89.1 cm³/mol. The van der Waals surface area contributed by atoms with Crippen molar-refractivity contribution in [3.63, 3.8) is 0 Å². The standard InChI is InChI=1S/C18H18FNO3S/c1-2-24(22,23)17-6-4-3-5-15(17)18(21)20-16-10-7-12-11-13(19)8-9-14(12)16/h3-6,8-9,11,16H,2,7,10H2,1H3,(H,20,21)/t16-/m1/s1. The van der Waals surface area contributed by atoms with Crippen LogP contribution in [0.1, 0.15) is 40.9 Å². The minimum atomic E-state index is -3.48. The first-order valence-electron chi connectivity index (χ1n) is 7.83. The topological polar surface area (TPSA) is 63.2 Å². The maximum atomic E-state index is 13.3. The molecule has 0 aromatic heterocycles. The van der Waals surface area contributed by atoms with Crippen molar-refractivity contribution >= 4 is 15.7 Å². The van der Waals surface area contributed by atoms with Gasteiger partial charge in [0.15, 0.2) is 9.84 Å². The predicted octanol–water partition coefficient (Wildman–Crippen LogP) is 3.04. The lowest BCUT2D eigenvalue weighted by atomic mass is 10.1. The summed E-state index contributed by atoms with van der Waals surface area (Å²) in [5, 5.41) is 2.88. The third kappa shape index (κ3) is 3.06. The lowest BCUT2D eigenvalue weighted by Crippen LogP contribution is -2.28. The Morgan fingerprint density at radius 2 is 2.00 bits per heavy atom. The second kappa shape index (κ2) is 6.36. The number of rotatable bonds is 4. The Bertz CT molecular complexity index is 893. The Hall–Kier alpha value is -2.21. The van der Waals surface area contributed by atoms with Gasteiger partial charge in [0.25, 0.3) is 5.91 Å². The number of halogens is 1. The largest absolute Gasteiger partial charge is 0.345 e.